The Bertz CT molecular complexity index is 1930. The molecular formula is C36H36N2Si2. The lowest BCUT2D eigenvalue weighted by molar-refractivity contribution is 1.13. The number of fused-ring (bicyclic) bond motifs is 6. The van der Waals surface area contributed by atoms with Crippen LogP contribution in [0, 0.1) is 0 Å². The molecule has 0 saturated heterocycles. The molecule has 0 saturated carbocycles. The fourth-order valence-corrected chi connectivity index (χ4v) is 8.51. The summed E-state index contributed by atoms with van der Waals surface area (Å²) in [6.07, 6.45) is 0. The Hall–Kier alpha value is -3.87. The van der Waals surface area contributed by atoms with Crippen molar-refractivity contribution in [1.29, 1.82) is 0 Å². The summed E-state index contributed by atoms with van der Waals surface area (Å²) in [4.78, 5) is 0. The molecule has 0 aliphatic rings. The minimum atomic E-state index is -1.47. The first-order valence-electron chi connectivity index (χ1n) is 14.3. The SMILES string of the molecule is C[Si](C)(C)c1ccc2c3ccccc3n(-c3cccc(-n4c5ccccc5c5ccc([Si](C)(C)C)cc54)c3)c2c1. The predicted octanol–water partition coefficient (Wildman–Crippen LogP) is 8.97. The van der Waals surface area contributed by atoms with Crippen LogP contribution in [0.1, 0.15) is 0 Å². The number of para-hydroxylation sites is 2. The molecular weight excluding hydrogens is 517 g/mol. The van der Waals surface area contributed by atoms with Crippen LogP contribution in [0.2, 0.25) is 39.3 Å². The van der Waals surface area contributed by atoms with Crippen LogP contribution >= 0.6 is 0 Å². The van der Waals surface area contributed by atoms with Crippen LogP contribution in [-0.4, -0.2) is 25.3 Å². The number of hydrogen-bond acceptors (Lipinski definition) is 0. The van der Waals surface area contributed by atoms with E-state index in [9.17, 15) is 0 Å². The molecule has 7 aromatic rings. The fraction of sp³-hybridized carbons (Fsp3) is 0.167. The van der Waals surface area contributed by atoms with Gasteiger partial charge in [0.05, 0.1) is 38.2 Å². The maximum absolute atomic E-state index is 2.47. The Morgan fingerprint density at radius 3 is 1.20 bits per heavy atom. The van der Waals surface area contributed by atoms with E-state index in [0.717, 1.165) is 0 Å². The lowest BCUT2D eigenvalue weighted by Gasteiger charge is -2.18. The molecule has 0 bridgehead atoms. The number of hydrogen-bond donors (Lipinski definition) is 0. The number of aromatic nitrogens is 2. The molecule has 0 aliphatic heterocycles. The first kappa shape index (κ1) is 25.1. The smallest absolute Gasteiger partial charge is 0.0776 e. The van der Waals surface area contributed by atoms with E-state index in [2.05, 4.69) is 158 Å². The van der Waals surface area contributed by atoms with E-state index in [4.69, 9.17) is 0 Å². The van der Waals surface area contributed by atoms with Crippen LogP contribution < -0.4 is 10.4 Å². The van der Waals surface area contributed by atoms with Gasteiger partial charge in [-0.2, -0.15) is 0 Å². The van der Waals surface area contributed by atoms with Gasteiger partial charge in [0.1, 0.15) is 0 Å². The summed E-state index contributed by atoms with van der Waals surface area (Å²) >= 11 is 0. The Kier molecular flexibility index (Phi) is 5.54. The highest BCUT2D eigenvalue weighted by Crippen LogP contribution is 2.35. The van der Waals surface area contributed by atoms with Crippen LogP contribution in [0.25, 0.3) is 55.0 Å². The van der Waals surface area contributed by atoms with Crippen LogP contribution in [0.15, 0.2) is 109 Å². The largest absolute Gasteiger partial charge is 0.309 e. The summed E-state index contributed by atoms with van der Waals surface area (Å²) in [5.41, 5.74) is 7.49. The molecule has 4 heteroatoms. The average Bonchev–Trinajstić information content (AvgIpc) is 3.44. The van der Waals surface area contributed by atoms with Gasteiger partial charge in [-0.3, -0.25) is 0 Å². The molecule has 5 aromatic carbocycles. The second kappa shape index (κ2) is 8.82. The van der Waals surface area contributed by atoms with Crippen molar-refractivity contribution in [2.24, 2.45) is 0 Å². The first-order chi connectivity index (χ1) is 19.1. The molecule has 2 heterocycles. The predicted molar refractivity (Wildman–Crippen MR) is 181 cm³/mol. The van der Waals surface area contributed by atoms with E-state index in [1.807, 2.05) is 0 Å². The van der Waals surface area contributed by atoms with Gasteiger partial charge in [0.15, 0.2) is 0 Å². The second-order valence-electron chi connectivity index (χ2n) is 13.2. The minimum absolute atomic E-state index is 1.20. The van der Waals surface area contributed by atoms with Gasteiger partial charge in [-0.05, 0) is 42.5 Å². The fourth-order valence-electron chi connectivity index (χ4n) is 6.20. The molecule has 0 amide bonds. The van der Waals surface area contributed by atoms with Gasteiger partial charge >= 0.3 is 0 Å². The van der Waals surface area contributed by atoms with Crippen molar-refractivity contribution in [3.63, 3.8) is 0 Å². The van der Waals surface area contributed by atoms with Crippen molar-refractivity contribution in [2.75, 3.05) is 0 Å². The third-order valence-corrected chi connectivity index (χ3v) is 12.5. The Morgan fingerprint density at radius 1 is 0.375 bits per heavy atom. The Balaban J connectivity index is 1.53. The average molecular weight is 553 g/mol. The lowest BCUT2D eigenvalue weighted by Crippen LogP contribution is -2.37. The van der Waals surface area contributed by atoms with E-state index in [-0.39, 0.29) is 0 Å². The van der Waals surface area contributed by atoms with Crippen molar-refractivity contribution in [3.05, 3.63) is 109 Å². The van der Waals surface area contributed by atoms with Crippen LogP contribution in [0.3, 0.4) is 0 Å². The monoisotopic (exact) mass is 552 g/mol. The number of nitrogens with zero attached hydrogens (tertiary/aromatic N) is 2. The zero-order valence-corrected chi connectivity index (χ0v) is 26.3. The third kappa shape index (κ3) is 3.89. The highest BCUT2D eigenvalue weighted by Gasteiger charge is 2.21. The Labute approximate surface area is 238 Å². The molecule has 198 valence electrons. The zero-order valence-electron chi connectivity index (χ0n) is 24.3. The molecule has 7 rings (SSSR count). The van der Waals surface area contributed by atoms with Crippen LogP contribution in [-0.2, 0) is 0 Å². The molecule has 0 unspecified atom stereocenters. The van der Waals surface area contributed by atoms with Gasteiger partial charge in [0.25, 0.3) is 0 Å². The molecule has 2 aromatic heterocycles. The standard InChI is InChI=1S/C36H36N2Si2/c1-39(2,3)27-18-20-31-29-14-7-9-16-33(29)37(35(31)23-27)25-12-11-13-26(22-25)38-34-17-10-8-15-30(34)32-21-19-28(24-36(32)38)40(4,5)6/h7-24H,1-6H3. The maximum Gasteiger partial charge on any atom is 0.0776 e. The highest BCUT2D eigenvalue weighted by molar-refractivity contribution is 6.89. The summed E-state index contributed by atoms with van der Waals surface area (Å²) < 4.78 is 4.94. The molecule has 0 atom stereocenters. The normalized spacial score (nSPS) is 12.8. The van der Waals surface area contributed by atoms with Gasteiger partial charge in [-0.15, -0.1) is 0 Å². The van der Waals surface area contributed by atoms with E-state index < -0.39 is 16.1 Å². The van der Waals surface area contributed by atoms with Crippen LogP contribution in [0.4, 0.5) is 0 Å². The molecule has 0 fully saturated rings. The van der Waals surface area contributed by atoms with E-state index in [0.29, 0.717) is 0 Å². The molecule has 0 aliphatic carbocycles. The first-order valence-corrected chi connectivity index (χ1v) is 21.3. The lowest BCUT2D eigenvalue weighted by atomic mass is 10.1. The molecule has 0 N–H and O–H groups in total. The quantitative estimate of drug-likeness (QED) is 0.193. The van der Waals surface area contributed by atoms with Crippen molar-refractivity contribution in [3.8, 4) is 11.4 Å². The van der Waals surface area contributed by atoms with E-state index in [1.54, 1.807) is 0 Å². The van der Waals surface area contributed by atoms with Crippen molar-refractivity contribution < 1.29 is 0 Å². The summed E-state index contributed by atoms with van der Waals surface area (Å²) in [6, 6.07) is 41.1. The summed E-state index contributed by atoms with van der Waals surface area (Å²) in [5.74, 6) is 0. The Morgan fingerprint density at radius 2 is 0.775 bits per heavy atom. The number of benzene rings is 5. The van der Waals surface area contributed by atoms with Crippen molar-refractivity contribution >= 4 is 70.1 Å². The van der Waals surface area contributed by atoms with Gasteiger partial charge < -0.3 is 9.13 Å². The van der Waals surface area contributed by atoms with Gasteiger partial charge in [-0.25, -0.2) is 0 Å². The minimum Gasteiger partial charge on any atom is -0.309 e. The van der Waals surface area contributed by atoms with Gasteiger partial charge in [0.2, 0.25) is 0 Å². The van der Waals surface area contributed by atoms with Gasteiger partial charge in [-0.1, -0.05) is 116 Å². The third-order valence-electron chi connectivity index (χ3n) is 8.43. The van der Waals surface area contributed by atoms with Crippen LogP contribution in [0.5, 0.6) is 0 Å². The molecule has 0 spiro atoms. The van der Waals surface area contributed by atoms with Crippen molar-refractivity contribution in [2.45, 2.75) is 39.3 Å². The molecule has 2 nitrogen and oxygen atoms in total. The van der Waals surface area contributed by atoms with Gasteiger partial charge in [0, 0.05) is 32.9 Å². The highest BCUT2D eigenvalue weighted by atomic mass is 28.3. The van der Waals surface area contributed by atoms with E-state index in [1.165, 1.54) is 65.4 Å². The summed E-state index contributed by atoms with van der Waals surface area (Å²) in [7, 11) is -2.95. The maximum atomic E-state index is 2.47. The van der Waals surface area contributed by atoms with E-state index >= 15 is 0 Å². The second-order valence-corrected chi connectivity index (χ2v) is 23.3. The van der Waals surface area contributed by atoms with Crippen molar-refractivity contribution in [1.82, 2.24) is 9.13 Å². The zero-order chi connectivity index (χ0) is 27.8. The topological polar surface area (TPSA) is 9.86 Å². The molecule has 0 radical (unpaired) electrons. The number of rotatable bonds is 4. The molecule has 40 heavy (non-hydrogen) atoms. The summed E-state index contributed by atoms with van der Waals surface area (Å²) in [5, 5.41) is 8.23. The summed E-state index contributed by atoms with van der Waals surface area (Å²) in [6.45, 7) is 14.6.